The Morgan fingerprint density at radius 2 is 1.60 bits per heavy atom. The van der Waals surface area contributed by atoms with Crippen LogP contribution in [0.3, 0.4) is 0 Å². The summed E-state index contributed by atoms with van der Waals surface area (Å²) in [5.41, 5.74) is 0.836. The van der Waals surface area contributed by atoms with Gasteiger partial charge in [0.05, 0.1) is 5.39 Å². The number of carbonyl (C=O) groups is 1. The molecule has 5 heteroatoms. The van der Waals surface area contributed by atoms with Crippen LogP contribution < -0.4 is 10.9 Å². The monoisotopic (exact) mass is 404 g/mol. The maximum atomic E-state index is 13.2. The highest BCUT2D eigenvalue weighted by Gasteiger charge is 2.29. The normalized spacial score (nSPS) is 15.3. The summed E-state index contributed by atoms with van der Waals surface area (Å²) in [5, 5.41) is 4.22. The van der Waals surface area contributed by atoms with Crippen molar-refractivity contribution in [2.45, 2.75) is 38.6 Å². The lowest BCUT2D eigenvalue weighted by atomic mass is 9.97. The van der Waals surface area contributed by atoms with E-state index >= 15 is 0 Å². The lowest BCUT2D eigenvalue weighted by molar-refractivity contribution is 0.0778. The van der Waals surface area contributed by atoms with Crippen molar-refractivity contribution in [3.8, 4) is 11.1 Å². The zero-order valence-corrected chi connectivity index (χ0v) is 17.6. The number of likely N-dealkylation sites (tertiary alicyclic amines) is 1. The Balaban J connectivity index is 1.69. The predicted octanol–water partition coefficient (Wildman–Crippen LogP) is 4.45. The molecule has 1 aromatic heterocycles. The second kappa shape index (κ2) is 8.44. The summed E-state index contributed by atoms with van der Waals surface area (Å²) < 4.78 is 5.57. The van der Waals surface area contributed by atoms with Crippen molar-refractivity contribution < 1.29 is 9.21 Å². The number of nitrogens with zero attached hydrogens (tertiary/aromatic N) is 1. The van der Waals surface area contributed by atoms with Crippen molar-refractivity contribution in [1.82, 2.24) is 10.2 Å². The summed E-state index contributed by atoms with van der Waals surface area (Å²) in [7, 11) is 0. The molecule has 1 aliphatic rings. The van der Waals surface area contributed by atoms with Crippen LogP contribution in [-0.2, 0) is 0 Å². The molecule has 0 atom stereocenters. The van der Waals surface area contributed by atoms with Gasteiger partial charge in [0.1, 0.15) is 0 Å². The molecule has 3 aromatic rings. The Hall–Kier alpha value is -2.92. The highest BCUT2D eigenvalue weighted by Crippen LogP contribution is 2.30. The first-order valence-electron chi connectivity index (χ1n) is 10.6. The zero-order valence-electron chi connectivity index (χ0n) is 17.6. The van der Waals surface area contributed by atoms with Crippen molar-refractivity contribution in [1.29, 1.82) is 0 Å². The average Bonchev–Trinajstić information content (AvgIpc) is 2.78. The van der Waals surface area contributed by atoms with E-state index in [1.54, 1.807) is 12.1 Å². The number of amides is 1. The van der Waals surface area contributed by atoms with Crippen molar-refractivity contribution in [2.24, 2.45) is 0 Å². The van der Waals surface area contributed by atoms with Crippen LogP contribution in [-0.4, -0.2) is 36.0 Å². The van der Waals surface area contributed by atoms with E-state index in [1.165, 1.54) is 19.3 Å². The Kier molecular flexibility index (Phi) is 5.73. The van der Waals surface area contributed by atoms with Gasteiger partial charge in [-0.15, -0.1) is 0 Å². The third-order valence-corrected chi connectivity index (χ3v) is 6.00. The second-order valence-corrected chi connectivity index (χ2v) is 8.55. The minimum absolute atomic E-state index is 0.0688. The van der Waals surface area contributed by atoms with Gasteiger partial charge in [0.2, 0.25) is 5.76 Å². The third-order valence-electron chi connectivity index (χ3n) is 6.00. The van der Waals surface area contributed by atoms with Crippen molar-refractivity contribution >= 4 is 16.7 Å². The quantitative estimate of drug-likeness (QED) is 0.682. The summed E-state index contributed by atoms with van der Waals surface area (Å²) in [5.74, 6) is -0.291. The van der Waals surface area contributed by atoms with Gasteiger partial charge in [0.15, 0.2) is 0 Å². The van der Waals surface area contributed by atoms with E-state index in [0.717, 1.165) is 24.0 Å². The van der Waals surface area contributed by atoms with Gasteiger partial charge in [-0.25, -0.2) is 4.79 Å². The lowest BCUT2D eigenvalue weighted by Crippen LogP contribution is -2.53. The van der Waals surface area contributed by atoms with Gasteiger partial charge in [-0.2, -0.15) is 0 Å². The van der Waals surface area contributed by atoms with Crippen molar-refractivity contribution in [3.63, 3.8) is 0 Å². The minimum Gasteiger partial charge on any atom is -0.416 e. The Labute approximate surface area is 176 Å². The Bertz CT molecular complexity index is 1100. The fraction of sp³-hybridized carbons (Fsp3) is 0.360. The summed E-state index contributed by atoms with van der Waals surface area (Å²) in [4.78, 5) is 28.2. The number of nitrogens with one attached hydrogen (secondary N) is 1. The van der Waals surface area contributed by atoms with Gasteiger partial charge in [-0.05, 0) is 51.4 Å². The molecule has 1 N–H and O–H groups in total. The molecule has 1 aliphatic heterocycles. The topological polar surface area (TPSA) is 62.6 Å². The minimum atomic E-state index is -0.495. The van der Waals surface area contributed by atoms with Gasteiger partial charge in [0, 0.05) is 23.0 Å². The molecular formula is C25H28N2O3. The molecule has 2 heterocycles. The number of hydrogen-bond acceptors (Lipinski definition) is 4. The van der Waals surface area contributed by atoms with E-state index in [1.807, 2.05) is 42.5 Å². The number of carbonyl (C=O) groups excluding carboxylic acids is 1. The van der Waals surface area contributed by atoms with Crippen LogP contribution in [0.15, 0.2) is 63.8 Å². The van der Waals surface area contributed by atoms with Gasteiger partial charge in [0.25, 0.3) is 5.91 Å². The van der Waals surface area contributed by atoms with E-state index < -0.39 is 5.63 Å². The number of benzene rings is 2. The molecule has 1 fully saturated rings. The number of piperidine rings is 1. The first-order chi connectivity index (χ1) is 14.5. The number of rotatable bonds is 5. The van der Waals surface area contributed by atoms with E-state index in [2.05, 4.69) is 24.1 Å². The van der Waals surface area contributed by atoms with Crippen molar-refractivity contribution in [2.75, 3.05) is 19.6 Å². The molecule has 5 nitrogen and oxygen atoms in total. The van der Waals surface area contributed by atoms with E-state index in [0.29, 0.717) is 17.5 Å². The molecule has 2 aromatic carbocycles. The fourth-order valence-corrected chi connectivity index (χ4v) is 4.24. The van der Waals surface area contributed by atoms with Crippen LogP contribution in [0.1, 0.15) is 43.7 Å². The summed E-state index contributed by atoms with van der Waals surface area (Å²) in [6, 6.07) is 16.9. The van der Waals surface area contributed by atoms with Crippen LogP contribution in [0.25, 0.3) is 21.9 Å². The molecule has 1 saturated heterocycles. The predicted molar refractivity (Wildman–Crippen MR) is 120 cm³/mol. The maximum Gasteiger partial charge on any atom is 0.344 e. The highest BCUT2D eigenvalue weighted by atomic mass is 16.4. The van der Waals surface area contributed by atoms with E-state index in [4.69, 9.17) is 4.42 Å². The van der Waals surface area contributed by atoms with Gasteiger partial charge in [-0.3, -0.25) is 9.69 Å². The molecule has 0 spiro atoms. The lowest BCUT2D eigenvalue weighted by Gasteiger charge is -2.41. The molecule has 0 bridgehead atoms. The summed E-state index contributed by atoms with van der Waals surface area (Å²) >= 11 is 0. The molecule has 0 aliphatic carbocycles. The van der Waals surface area contributed by atoms with Gasteiger partial charge in [-0.1, -0.05) is 55.0 Å². The zero-order chi connectivity index (χ0) is 21.1. The molecule has 156 valence electrons. The van der Waals surface area contributed by atoms with Crippen LogP contribution in [0.4, 0.5) is 0 Å². The SMILES string of the molecule is CC(C)(CNC(=O)c1oc(=O)c2ccccc2c1-c1ccccc1)N1CCCCC1. The molecule has 0 radical (unpaired) electrons. The maximum absolute atomic E-state index is 13.2. The van der Waals surface area contributed by atoms with E-state index in [-0.39, 0.29) is 17.2 Å². The Morgan fingerprint density at radius 3 is 2.30 bits per heavy atom. The first kappa shape index (κ1) is 20.4. The second-order valence-electron chi connectivity index (χ2n) is 8.55. The molecule has 1 amide bonds. The largest absolute Gasteiger partial charge is 0.416 e. The smallest absolute Gasteiger partial charge is 0.344 e. The van der Waals surface area contributed by atoms with E-state index in [9.17, 15) is 9.59 Å². The summed E-state index contributed by atoms with van der Waals surface area (Å²) in [6.45, 7) is 6.86. The van der Waals surface area contributed by atoms with Crippen molar-refractivity contribution in [3.05, 3.63) is 70.8 Å². The Morgan fingerprint density at radius 1 is 0.967 bits per heavy atom. The highest BCUT2D eigenvalue weighted by molar-refractivity contribution is 6.07. The molecule has 30 heavy (non-hydrogen) atoms. The molecule has 0 unspecified atom stereocenters. The number of hydrogen-bond donors (Lipinski definition) is 1. The third kappa shape index (κ3) is 4.03. The molecule has 4 rings (SSSR count). The summed E-state index contributed by atoms with van der Waals surface area (Å²) in [6.07, 6.45) is 3.64. The fourth-order valence-electron chi connectivity index (χ4n) is 4.24. The molecule has 0 saturated carbocycles. The van der Waals surface area contributed by atoms with Crippen LogP contribution in [0.5, 0.6) is 0 Å². The average molecular weight is 405 g/mol. The van der Waals surface area contributed by atoms with Crippen LogP contribution in [0, 0.1) is 0 Å². The van der Waals surface area contributed by atoms with Gasteiger partial charge >= 0.3 is 5.63 Å². The molecular weight excluding hydrogens is 376 g/mol. The standard InChI is InChI=1S/C25H28N2O3/c1-25(2,27-15-9-4-10-16-27)17-26-23(28)22-21(18-11-5-3-6-12-18)19-13-7-8-14-20(19)24(29)30-22/h3,5-8,11-14H,4,9-10,15-17H2,1-2H3,(H,26,28). The van der Waals surface area contributed by atoms with Crippen LogP contribution in [0.2, 0.25) is 0 Å². The first-order valence-corrected chi connectivity index (χ1v) is 10.6. The number of fused-ring (bicyclic) bond motifs is 1. The van der Waals surface area contributed by atoms with Crippen LogP contribution >= 0.6 is 0 Å². The van der Waals surface area contributed by atoms with Gasteiger partial charge < -0.3 is 9.73 Å².